The van der Waals surface area contributed by atoms with Crippen LogP contribution in [0.3, 0.4) is 0 Å². The Morgan fingerprint density at radius 2 is 2.36 bits per heavy atom. The van der Waals surface area contributed by atoms with Gasteiger partial charge in [-0.05, 0) is 6.92 Å². The van der Waals surface area contributed by atoms with E-state index >= 15 is 0 Å². The molecule has 2 N–H and O–H groups in total. The topological polar surface area (TPSA) is 99.2 Å². The van der Waals surface area contributed by atoms with Gasteiger partial charge in [0.2, 0.25) is 0 Å². The van der Waals surface area contributed by atoms with Crippen LogP contribution in [-0.2, 0) is 4.79 Å². The number of carboxylic acid groups (broad SMARTS) is 1. The van der Waals surface area contributed by atoms with Crippen LogP contribution in [0.4, 0.5) is 0 Å². The van der Waals surface area contributed by atoms with Crippen LogP contribution in [0.5, 0.6) is 0 Å². The molecule has 1 heterocycles. The fourth-order valence-electron chi connectivity index (χ4n) is 0.957. The van der Waals surface area contributed by atoms with Crippen molar-refractivity contribution in [3.63, 3.8) is 0 Å². The molecule has 0 radical (unpaired) electrons. The van der Waals surface area contributed by atoms with Crippen molar-refractivity contribution in [2.45, 2.75) is 6.92 Å². The maximum Gasteiger partial charge on any atom is 0.323 e. The zero-order valence-corrected chi connectivity index (χ0v) is 7.60. The maximum absolute atomic E-state index is 11.5. The van der Waals surface area contributed by atoms with Gasteiger partial charge in [0.1, 0.15) is 6.54 Å². The number of aromatic amines is 1. The minimum atomic E-state index is -1.05. The minimum Gasteiger partial charge on any atom is -0.480 e. The summed E-state index contributed by atoms with van der Waals surface area (Å²) in [6, 6.07) is 0. The van der Waals surface area contributed by atoms with Crippen molar-refractivity contribution in [2.75, 3.05) is 13.1 Å². The summed E-state index contributed by atoms with van der Waals surface area (Å²) in [5.74, 6) is -1.49. The number of carbonyl (C=O) groups excluding carboxylic acids is 1. The third kappa shape index (κ3) is 2.28. The molecule has 0 spiro atoms. The average molecular weight is 198 g/mol. The Morgan fingerprint density at radius 3 is 2.79 bits per heavy atom. The summed E-state index contributed by atoms with van der Waals surface area (Å²) in [5, 5.41) is 17.9. The Kier molecular flexibility index (Phi) is 3.16. The van der Waals surface area contributed by atoms with Crippen molar-refractivity contribution >= 4 is 11.9 Å². The summed E-state index contributed by atoms with van der Waals surface area (Å²) >= 11 is 0. The molecule has 0 saturated heterocycles. The highest BCUT2D eigenvalue weighted by Crippen LogP contribution is 1.98. The third-order valence-corrected chi connectivity index (χ3v) is 1.63. The van der Waals surface area contributed by atoms with Crippen molar-refractivity contribution in [1.82, 2.24) is 20.3 Å². The zero-order chi connectivity index (χ0) is 10.6. The summed E-state index contributed by atoms with van der Waals surface area (Å²) in [4.78, 5) is 23.1. The van der Waals surface area contributed by atoms with E-state index in [1.54, 1.807) is 6.92 Å². The van der Waals surface area contributed by atoms with E-state index in [-0.39, 0.29) is 12.2 Å². The Bertz CT molecular complexity index is 322. The standard InChI is InChI=1S/C7H10N4O3/c1-2-11(4-6(12)13)7(14)5-3-8-10-9-5/h3H,2,4H2,1H3,(H,12,13)(H,8,9,10). The number of likely N-dealkylation sites (N-methyl/N-ethyl adjacent to an activating group) is 1. The monoisotopic (exact) mass is 198 g/mol. The number of aliphatic carboxylic acids is 1. The number of carboxylic acids is 1. The van der Waals surface area contributed by atoms with Crippen LogP contribution in [0.25, 0.3) is 0 Å². The van der Waals surface area contributed by atoms with E-state index in [0.717, 1.165) is 0 Å². The second-order valence-electron chi connectivity index (χ2n) is 2.57. The highest BCUT2D eigenvalue weighted by atomic mass is 16.4. The van der Waals surface area contributed by atoms with Crippen molar-refractivity contribution in [1.29, 1.82) is 0 Å². The molecular weight excluding hydrogens is 188 g/mol. The Hall–Kier alpha value is -1.92. The summed E-state index contributed by atoms with van der Waals surface area (Å²) in [7, 11) is 0. The van der Waals surface area contributed by atoms with E-state index in [0.29, 0.717) is 6.54 Å². The van der Waals surface area contributed by atoms with E-state index < -0.39 is 11.9 Å². The molecular formula is C7H10N4O3. The summed E-state index contributed by atoms with van der Waals surface area (Å²) in [6.45, 7) is 1.68. The molecule has 0 aliphatic heterocycles. The van der Waals surface area contributed by atoms with Crippen molar-refractivity contribution in [3.05, 3.63) is 11.9 Å². The molecule has 0 atom stereocenters. The number of nitrogens with one attached hydrogen (secondary N) is 1. The normalized spacial score (nSPS) is 9.79. The molecule has 0 bridgehead atoms. The van der Waals surface area contributed by atoms with E-state index in [9.17, 15) is 9.59 Å². The first-order valence-electron chi connectivity index (χ1n) is 4.02. The van der Waals surface area contributed by atoms with E-state index in [1.807, 2.05) is 0 Å². The highest BCUT2D eigenvalue weighted by molar-refractivity contribution is 5.93. The van der Waals surface area contributed by atoms with Gasteiger partial charge in [-0.25, -0.2) is 0 Å². The zero-order valence-electron chi connectivity index (χ0n) is 7.60. The maximum atomic E-state index is 11.5. The van der Waals surface area contributed by atoms with Crippen LogP contribution in [0, 0.1) is 0 Å². The van der Waals surface area contributed by atoms with Gasteiger partial charge in [-0.3, -0.25) is 9.59 Å². The molecule has 14 heavy (non-hydrogen) atoms. The molecule has 0 aromatic carbocycles. The number of hydrogen-bond acceptors (Lipinski definition) is 4. The molecule has 7 nitrogen and oxygen atoms in total. The number of aromatic nitrogens is 3. The van der Waals surface area contributed by atoms with Gasteiger partial charge in [0.25, 0.3) is 5.91 Å². The van der Waals surface area contributed by atoms with Gasteiger partial charge >= 0.3 is 5.97 Å². The predicted molar refractivity (Wildman–Crippen MR) is 45.6 cm³/mol. The van der Waals surface area contributed by atoms with E-state index in [4.69, 9.17) is 5.11 Å². The molecule has 0 unspecified atom stereocenters. The lowest BCUT2D eigenvalue weighted by Crippen LogP contribution is -2.35. The number of amides is 1. The molecule has 1 rings (SSSR count). The minimum absolute atomic E-state index is 0.119. The van der Waals surface area contributed by atoms with Gasteiger partial charge in [0.15, 0.2) is 5.69 Å². The fourth-order valence-corrected chi connectivity index (χ4v) is 0.957. The quantitative estimate of drug-likeness (QED) is 0.669. The van der Waals surface area contributed by atoms with Crippen molar-refractivity contribution in [2.24, 2.45) is 0 Å². The van der Waals surface area contributed by atoms with E-state index in [2.05, 4.69) is 15.4 Å². The van der Waals surface area contributed by atoms with Crippen LogP contribution < -0.4 is 0 Å². The Labute approximate surface area is 79.7 Å². The lowest BCUT2D eigenvalue weighted by Gasteiger charge is -2.16. The molecule has 1 amide bonds. The molecule has 0 saturated carbocycles. The largest absolute Gasteiger partial charge is 0.480 e. The number of carbonyl (C=O) groups is 2. The summed E-state index contributed by atoms with van der Waals surface area (Å²) in [5.41, 5.74) is 0.119. The lowest BCUT2D eigenvalue weighted by molar-refractivity contribution is -0.137. The van der Waals surface area contributed by atoms with Gasteiger partial charge in [-0.2, -0.15) is 15.4 Å². The summed E-state index contributed by atoms with van der Waals surface area (Å²) in [6.07, 6.45) is 1.26. The van der Waals surface area contributed by atoms with Gasteiger partial charge in [-0.15, -0.1) is 0 Å². The highest BCUT2D eigenvalue weighted by Gasteiger charge is 2.18. The SMILES string of the molecule is CCN(CC(=O)O)C(=O)c1cn[nH]n1. The smallest absolute Gasteiger partial charge is 0.323 e. The Balaban J connectivity index is 2.70. The number of rotatable bonds is 4. The van der Waals surface area contributed by atoms with E-state index in [1.165, 1.54) is 11.1 Å². The second-order valence-corrected chi connectivity index (χ2v) is 2.57. The first kappa shape index (κ1) is 10.2. The first-order valence-corrected chi connectivity index (χ1v) is 4.02. The first-order chi connectivity index (χ1) is 6.65. The number of H-pyrrole nitrogens is 1. The number of hydrogen-bond donors (Lipinski definition) is 2. The molecule has 0 fully saturated rings. The molecule has 76 valence electrons. The van der Waals surface area contributed by atoms with Crippen LogP contribution in [-0.4, -0.2) is 50.4 Å². The van der Waals surface area contributed by atoms with Gasteiger partial charge in [0, 0.05) is 6.54 Å². The lowest BCUT2D eigenvalue weighted by atomic mass is 10.3. The van der Waals surface area contributed by atoms with Crippen LogP contribution in [0.15, 0.2) is 6.20 Å². The average Bonchev–Trinajstić information content (AvgIpc) is 2.65. The molecule has 0 aliphatic carbocycles. The molecule has 0 aliphatic rings. The van der Waals surface area contributed by atoms with Gasteiger partial charge in [-0.1, -0.05) is 0 Å². The Morgan fingerprint density at radius 1 is 1.64 bits per heavy atom. The molecule has 1 aromatic heterocycles. The van der Waals surface area contributed by atoms with Crippen molar-refractivity contribution < 1.29 is 14.7 Å². The predicted octanol–water partition coefficient (Wildman–Crippen LogP) is -0.649. The fraction of sp³-hybridized carbons (Fsp3) is 0.429. The van der Waals surface area contributed by atoms with Crippen LogP contribution in [0.1, 0.15) is 17.4 Å². The molecule has 7 heteroatoms. The third-order valence-electron chi connectivity index (χ3n) is 1.63. The molecule has 1 aromatic rings. The van der Waals surface area contributed by atoms with Gasteiger partial charge in [0.05, 0.1) is 6.20 Å². The summed E-state index contributed by atoms with van der Waals surface area (Å²) < 4.78 is 0. The van der Waals surface area contributed by atoms with Gasteiger partial charge < -0.3 is 10.0 Å². The van der Waals surface area contributed by atoms with Crippen LogP contribution in [0.2, 0.25) is 0 Å². The second kappa shape index (κ2) is 4.35. The van der Waals surface area contributed by atoms with Crippen molar-refractivity contribution in [3.8, 4) is 0 Å². The number of nitrogens with zero attached hydrogens (tertiary/aromatic N) is 3. The van der Waals surface area contributed by atoms with Crippen LogP contribution >= 0.6 is 0 Å².